The van der Waals surface area contributed by atoms with E-state index in [2.05, 4.69) is 0 Å². The van der Waals surface area contributed by atoms with E-state index in [1.165, 1.54) is 0 Å². The third-order valence-electron chi connectivity index (χ3n) is 1.73. The van der Waals surface area contributed by atoms with Crippen LogP contribution in [0.25, 0.3) is 0 Å². The van der Waals surface area contributed by atoms with Crippen LogP contribution in [0, 0.1) is 0 Å². The lowest BCUT2D eigenvalue weighted by molar-refractivity contribution is -0.0432. The summed E-state index contributed by atoms with van der Waals surface area (Å²) in [6, 6.07) is 0.203. The molecule has 0 saturated heterocycles. The second-order valence-corrected chi connectivity index (χ2v) is 3.63. The molecule has 0 aromatic heterocycles. The Labute approximate surface area is 81.6 Å². The van der Waals surface area contributed by atoms with E-state index in [9.17, 15) is 0 Å². The van der Waals surface area contributed by atoms with Crippen molar-refractivity contribution < 1.29 is 9.47 Å². The van der Waals surface area contributed by atoms with Gasteiger partial charge in [0.05, 0.1) is 18.8 Å². The summed E-state index contributed by atoms with van der Waals surface area (Å²) in [6.07, 6.45) is 1.28. The molecule has 0 fully saturated rings. The molecule has 3 nitrogen and oxygen atoms in total. The third kappa shape index (κ3) is 8.22. The number of nitrogens with two attached hydrogens (primary N) is 1. The zero-order chi connectivity index (χ0) is 10.3. The topological polar surface area (TPSA) is 44.5 Å². The van der Waals surface area contributed by atoms with E-state index in [-0.39, 0.29) is 18.2 Å². The van der Waals surface area contributed by atoms with Gasteiger partial charge >= 0.3 is 0 Å². The highest BCUT2D eigenvalue weighted by Crippen LogP contribution is 2.04. The minimum Gasteiger partial charge on any atom is -0.379 e. The second-order valence-electron chi connectivity index (χ2n) is 3.63. The summed E-state index contributed by atoms with van der Waals surface area (Å²) in [4.78, 5) is 0. The molecule has 0 radical (unpaired) electrons. The first-order valence-electron chi connectivity index (χ1n) is 5.05. The summed E-state index contributed by atoms with van der Waals surface area (Å²) in [5.41, 5.74) is 5.66. The van der Waals surface area contributed by atoms with E-state index in [1.807, 2.05) is 27.7 Å². The first-order valence-corrected chi connectivity index (χ1v) is 5.05. The minimum atomic E-state index is 0.161. The summed E-state index contributed by atoms with van der Waals surface area (Å²) in [5, 5.41) is 0. The van der Waals surface area contributed by atoms with Gasteiger partial charge in [0.25, 0.3) is 0 Å². The van der Waals surface area contributed by atoms with E-state index < -0.39 is 0 Å². The van der Waals surface area contributed by atoms with E-state index in [0.29, 0.717) is 6.61 Å². The first kappa shape index (κ1) is 12.9. The summed E-state index contributed by atoms with van der Waals surface area (Å²) >= 11 is 0. The molecule has 0 rings (SSSR count). The van der Waals surface area contributed by atoms with Crippen LogP contribution in [0.3, 0.4) is 0 Å². The van der Waals surface area contributed by atoms with Crippen LogP contribution < -0.4 is 5.73 Å². The summed E-state index contributed by atoms with van der Waals surface area (Å²) in [5.74, 6) is 0. The van der Waals surface area contributed by atoms with Crippen LogP contribution in [0.5, 0.6) is 0 Å². The predicted molar refractivity (Wildman–Crippen MR) is 54.8 cm³/mol. The van der Waals surface area contributed by atoms with Crippen LogP contribution in [0.15, 0.2) is 0 Å². The van der Waals surface area contributed by atoms with Crippen LogP contribution in [0.2, 0.25) is 0 Å². The van der Waals surface area contributed by atoms with Gasteiger partial charge in [-0.15, -0.1) is 0 Å². The fourth-order valence-electron chi connectivity index (χ4n) is 1.30. The van der Waals surface area contributed by atoms with Crippen LogP contribution >= 0.6 is 0 Å². The third-order valence-corrected chi connectivity index (χ3v) is 1.73. The van der Waals surface area contributed by atoms with Gasteiger partial charge in [0.2, 0.25) is 0 Å². The molecule has 3 heteroatoms. The van der Waals surface area contributed by atoms with Crippen molar-refractivity contribution in [2.24, 2.45) is 5.73 Å². The Morgan fingerprint density at radius 2 is 1.77 bits per heavy atom. The molecule has 0 bridgehead atoms. The van der Waals surface area contributed by atoms with Gasteiger partial charge in [0.1, 0.15) is 0 Å². The van der Waals surface area contributed by atoms with Gasteiger partial charge in [0.15, 0.2) is 0 Å². The Morgan fingerprint density at radius 1 is 1.15 bits per heavy atom. The zero-order valence-electron chi connectivity index (χ0n) is 9.25. The molecule has 3 atom stereocenters. The smallest absolute Gasteiger partial charge is 0.0784 e. The zero-order valence-corrected chi connectivity index (χ0v) is 9.25. The van der Waals surface area contributed by atoms with E-state index in [1.54, 1.807) is 0 Å². The maximum atomic E-state index is 5.66. The average molecular weight is 189 g/mol. The Kier molecular flexibility index (Phi) is 7.23. The molecule has 2 N–H and O–H groups in total. The number of hydrogen-bond donors (Lipinski definition) is 1. The maximum absolute atomic E-state index is 5.66. The Bertz CT molecular complexity index is 117. The highest BCUT2D eigenvalue weighted by atomic mass is 16.5. The number of rotatable bonds is 7. The summed E-state index contributed by atoms with van der Waals surface area (Å²) in [6.45, 7) is 9.46. The monoisotopic (exact) mass is 189 g/mol. The second kappa shape index (κ2) is 7.30. The van der Waals surface area contributed by atoms with Crippen molar-refractivity contribution >= 4 is 0 Å². The Balaban J connectivity index is 3.46. The van der Waals surface area contributed by atoms with Gasteiger partial charge in [0, 0.05) is 12.6 Å². The lowest BCUT2D eigenvalue weighted by atomic mass is 10.2. The van der Waals surface area contributed by atoms with Crippen molar-refractivity contribution in [1.29, 1.82) is 0 Å². The van der Waals surface area contributed by atoms with Crippen molar-refractivity contribution in [3.8, 4) is 0 Å². The highest BCUT2D eigenvalue weighted by Gasteiger charge is 2.09. The molecular weight excluding hydrogens is 166 g/mol. The molecule has 0 amide bonds. The summed E-state index contributed by atoms with van der Waals surface area (Å²) in [7, 11) is 0. The van der Waals surface area contributed by atoms with Crippen molar-refractivity contribution in [1.82, 2.24) is 0 Å². The standard InChI is InChI=1S/C10H23NO2/c1-5-12-7-10(4)13-9(3)6-8(2)11/h8-10H,5-7,11H2,1-4H3. The molecule has 0 aromatic carbocycles. The van der Waals surface area contributed by atoms with Crippen LogP contribution in [-0.2, 0) is 9.47 Å². The normalized spacial score (nSPS) is 18.2. The van der Waals surface area contributed by atoms with Gasteiger partial charge in [-0.2, -0.15) is 0 Å². The highest BCUT2D eigenvalue weighted by molar-refractivity contribution is 4.61. The minimum absolute atomic E-state index is 0.161. The molecule has 80 valence electrons. The summed E-state index contributed by atoms with van der Waals surface area (Å²) < 4.78 is 10.9. The molecule has 3 unspecified atom stereocenters. The van der Waals surface area contributed by atoms with Crippen molar-refractivity contribution in [2.75, 3.05) is 13.2 Å². The quantitative estimate of drug-likeness (QED) is 0.661. The largest absolute Gasteiger partial charge is 0.379 e. The predicted octanol–water partition coefficient (Wildman–Crippen LogP) is 1.55. The Morgan fingerprint density at radius 3 is 2.23 bits per heavy atom. The van der Waals surface area contributed by atoms with E-state index in [4.69, 9.17) is 15.2 Å². The average Bonchev–Trinajstić information content (AvgIpc) is 1.98. The molecule has 0 heterocycles. The van der Waals surface area contributed by atoms with Gasteiger partial charge < -0.3 is 15.2 Å². The lowest BCUT2D eigenvalue weighted by Crippen LogP contribution is -2.27. The molecule has 0 aliphatic rings. The van der Waals surface area contributed by atoms with Crippen molar-refractivity contribution in [3.63, 3.8) is 0 Å². The van der Waals surface area contributed by atoms with Gasteiger partial charge in [-0.05, 0) is 34.1 Å². The molecule has 0 aromatic rings. The number of hydrogen-bond acceptors (Lipinski definition) is 3. The molecule has 0 spiro atoms. The fourth-order valence-corrected chi connectivity index (χ4v) is 1.30. The molecular formula is C10H23NO2. The Hall–Kier alpha value is -0.120. The van der Waals surface area contributed by atoms with Crippen LogP contribution in [0.1, 0.15) is 34.1 Å². The molecule has 0 saturated carbocycles. The van der Waals surface area contributed by atoms with E-state index in [0.717, 1.165) is 13.0 Å². The van der Waals surface area contributed by atoms with Crippen LogP contribution in [-0.4, -0.2) is 31.5 Å². The molecule has 0 aliphatic heterocycles. The first-order chi connectivity index (χ1) is 6.06. The fraction of sp³-hybridized carbons (Fsp3) is 1.00. The lowest BCUT2D eigenvalue weighted by Gasteiger charge is -2.20. The van der Waals surface area contributed by atoms with E-state index >= 15 is 0 Å². The van der Waals surface area contributed by atoms with Gasteiger partial charge in [-0.3, -0.25) is 0 Å². The van der Waals surface area contributed by atoms with Crippen LogP contribution in [0.4, 0.5) is 0 Å². The molecule has 0 aliphatic carbocycles. The van der Waals surface area contributed by atoms with Gasteiger partial charge in [-0.25, -0.2) is 0 Å². The van der Waals surface area contributed by atoms with Crippen molar-refractivity contribution in [3.05, 3.63) is 0 Å². The van der Waals surface area contributed by atoms with Gasteiger partial charge in [-0.1, -0.05) is 0 Å². The van der Waals surface area contributed by atoms with Crippen molar-refractivity contribution in [2.45, 2.75) is 52.4 Å². The maximum Gasteiger partial charge on any atom is 0.0784 e. The SMILES string of the molecule is CCOCC(C)OC(C)CC(C)N. The number of ether oxygens (including phenoxy) is 2. The molecule has 13 heavy (non-hydrogen) atoms.